The third kappa shape index (κ3) is 3.72. The van der Waals surface area contributed by atoms with Crippen LogP contribution in [0.25, 0.3) is 0 Å². The molecule has 1 N–H and O–H groups in total. The van der Waals surface area contributed by atoms with Crippen molar-refractivity contribution < 1.29 is 22.3 Å². The highest BCUT2D eigenvalue weighted by Crippen LogP contribution is 2.37. The summed E-state index contributed by atoms with van der Waals surface area (Å²) >= 11 is 0. The zero-order valence-electron chi connectivity index (χ0n) is 14.5. The van der Waals surface area contributed by atoms with Crippen molar-refractivity contribution >= 4 is 15.7 Å². The summed E-state index contributed by atoms with van der Waals surface area (Å²) in [6.07, 6.45) is 1.16. The standard InChI is InChI=1S/C19H20FNO4S/c1-12(13-7-9-14(20)10-8-13)19(22)21-16-11-25-17-6-4-3-5-15(17)18(16)26(2,23)24/h3-10,12,16,18H,11H2,1-2H3,(H,21,22)/t12-,16-,18-/m0/s1. The predicted octanol–water partition coefficient (Wildman–Crippen LogP) is 2.59. The molecule has 5 nitrogen and oxygen atoms in total. The molecule has 7 heteroatoms. The molecule has 0 aliphatic carbocycles. The lowest BCUT2D eigenvalue weighted by Crippen LogP contribution is -2.48. The van der Waals surface area contributed by atoms with E-state index in [1.807, 2.05) is 0 Å². The van der Waals surface area contributed by atoms with Crippen LogP contribution in [0, 0.1) is 5.82 Å². The number of para-hydroxylation sites is 1. The number of ether oxygens (including phenoxy) is 1. The molecule has 1 aliphatic heterocycles. The van der Waals surface area contributed by atoms with Crippen molar-refractivity contribution in [3.63, 3.8) is 0 Å². The zero-order chi connectivity index (χ0) is 18.9. The Morgan fingerprint density at radius 2 is 1.85 bits per heavy atom. The first-order valence-electron chi connectivity index (χ1n) is 8.24. The molecule has 2 aromatic carbocycles. The Morgan fingerprint density at radius 1 is 1.19 bits per heavy atom. The normalized spacial score (nSPS) is 20.6. The monoisotopic (exact) mass is 377 g/mol. The molecule has 0 aromatic heterocycles. The molecule has 0 unspecified atom stereocenters. The Bertz CT molecular complexity index is 911. The molecule has 1 amide bonds. The summed E-state index contributed by atoms with van der Waals surface area (Å²) in [7, 11) is -3.47. The van der Waals surface area contributed by atoms with Gasteiger partial charge in [-0.1, -0.05) is 30.3 Å². The SMILES string of the molecule is C[C@H](C(=O)N[C@H]1COc2ccccc2[C@@H]1S(C)(=O)=O)c1ccc(F)cc1. The minimum atomic E-state index is -3.47. The number of benzene rings is 2. The summed E-state index contributed by atoms with van der Waals surface area (Å²) in [5.74, 6) is -0.748. The van der Waals surface area contributed by atoms with Gasteiger partial charge in [0.2, 0.25) is 5.91 Å². The maximum Gasteiger partial charge on any atom is 0.227 e. The van der Waals surface area contributed by atoms with Crippen molar-refractivity contribution in [1.82, 2.24) is 5.32 Å². The quantitative estimate of drug-likeness (QED) is 0.889. The summed E-state index contributed by atoms with van der Waals surface area (Å²) < 4.78 is 43.4. The molecular formula is C19H20FNO4S. The molecule has 0 bridgehead atoms. The number of nitrogens with one attached hydrogen (secondary N) is 1. The number of carbonyl (C=O) groups excluding carboxylic acids is 1. The highest BCUT2D eigenvalue weighted by molar-refractivity contribution is 7.91. The Hall–Kier alpha value is -2.41. The van der Waals surface area contributed by atoms with Gasteiger partial charge in [-0.25, -0.2) is 12.8 Å². The van der Waals surface area contributed by atoms with E-state index < -0.39 is 27.0 Å². The number of hydrogen-bond acceptors (Lipinski definition) is 4. The molecule has 0 fully saturated rings. The second kappa shape index (κ2) is 7.07. The summed E-state index contributed by atoms with van der Waals surface area (Å²) in [6.45, 7) is 1.76. The van der Waals surface area contributed by atoms with Crippen molar-refractivity contribution in [1.29, 1.82) is 0 Å². The van der Waals surface area contributed by atoms with E-state index in [-0.39, 0.29) is 18.3 Å². The van der Waals surface area contributed by atoms with Crippen LogP contribution in [0.15, 0.2) is 48.5 Å². The molecular weight excluding hydrogens is 357 g/mol. The summed E-state index contributed by atoms with van der Waals surface area (Å²) in [5.41, 5.74) is 1.19. The number of hydrogen-bond donors (Lipinski definition) is 1. The Labute approximate surface area is 152 Å². The average Bonchev–Trinajstić information content (AvgIpc) is 2.60. The Balaban J connectivity index is 1.84. The van der Waals surface area contributed by atoms with E-state index in [4.69, 9.17) is 4.74 Å². The van der Waals surface area contributed by atoms with Gasteiger partial charge < -0.3 is 10.1 Å². The van der Waals surface area contributed by atoms with Crippen LogP contribution in [-0.4, -0.2) is 33.2 Å². The largest absolute Gasteiger partial charge is 0.491 e. The number of halogens is 1. The van der Waals surface area contributed by atoms with Gasteiger partial charge in [0.25, 0.3) is 0 Å². The van der Waals surface area contributed by atoms with Gasteiger partial charge in [-0.3, -0.25) is 4.79 Å². The number of rotatable bonds is 4. The van der Waals surface area contributed by atoms with Crippen LogP contribution in [0.2, 0.25) is 0 Å². The van der Waals surface area contributed by atoms with Crippen LogP contribution < -0.4 is 10.1 Å². The second-order valence-electron chi connectivity index (χ2n) is 6.49. The minimum Gasteiger partial charge on any atom is -0.491 e. The first-order chi connectivity index (χ1) is 12.3. The molecule has 138 valence electrons. The van der Waals surface area contributed by atoms with E-state index in [2.05, 4.69) is 5.32 Å². The summed E-state index contributed by atoms with van der Waals surface area (Å²) in [5, 5.41) is 1.91. The van der Waals surface area contributed by atoms with Crippen LogP contribution in [0.1, 0.15) is 29.2 Å². The van der Waals surface area contributed by atoms with Gasteiger partial charge in [-0.15, -0.1) is 0 Å². The van der Waals surface area contributed by atoms with E-state index in [0.717, 1.165) is 6.26 Å². The van der Waals surface area contributed by atoms with Gasteiger partial charge in [0.15, 0.2) is 9.84 Å². The number of amides is 1. The van der Waals surface area contributed by atoms with Crippen molar-refractivity contribution in [2.75, 3.05) is 12.9 Å². The van der Waals surface area contributed by atoms with E-state index >= 15 is 0 Å². The van der Waals surface area contributed by atoms with Gasteiger partial charge in [0.1, 0.15) is 23.4 Å². The van der Waals surface area contributed by atoms with Crippen LogP contribution >= 0.6 is 0 Å². The zero-order valence-corrected chi connectivity index (χ0v) is 15.3. The molecule has 0 spiro atoms. The fourth-order valence-electron chi connectivity index (χ4n) is 3.19. The highest BCUT2D eigenvalue weighted by Gasteiger charge is 2.39. The van der Waals surface area contributed by atoms with Crippen molar-refractivity contribution in [3.8, 4) is 5.75 Å². The van der Waals surface area contributed by atoms with Crippen LogP contribution in [0.3, 0.4) is 0 Å². The maximum absolute atomic E-state index is 13.1. The molecule has 3 atom stereocenters. The van der Waals surface area contributed by atoms with Gasteiger partial charge in [-0.05, 0) is 30.7 Å². The Morgan fingerprint density at radius 3 is 2.50 bits per heavy atom. The summed E-state index contributed by atoms with van der Waals surface area (Å²) in [6, 6.07) is 11.9. The number of carbonyl (C=O) groups is 1. The average molecular weight is 377 g/mol. The molecule has 3 rings (SSSR count). The predicted molar refractivity (Wildman–Crippen MR) is 96.3 cm³/mol. The molecule has 0 saturated carbocycles. The fraction of sp³-hybridized carbons (Fsp3) is 0.316. The van der Waals surface area contributed by atoms with E-state index in [0.29, 0.717) is 16.9 Å². The topological polar surface area (TPSA) is 72.5 Å². The Kier molecular flexibility index (Phi) is 5.00. The fourth-order valence-corrected chi connectivity index (χ4v) is 4.59. The van der Waals surface area contributed by atoms with Gasteiger partial charge in [0.05, 0.1) is 12.0 Å². The smallest absolute Gasteiger partial charge is 0.227 e. The lowest BCUT2D eigenvalue weighted by atomic mass is 9.98. The molecule has 0 saturated heterocycles. The lowest BCUT2D eigenvalue weighted by Gasteiger charge is -2.33. The number of sulfone groups is 1. The van der Waals surface area contributed by atoms with Crippen LogP contribution in [0.5, 0.6) is 5.75 Å². The van der Waals surface area contributed by atoms with Crippen molar-refractivity contribution in [2.24, 2.45) is 0 Å². The van der Waals surface area contributed by atoms with Crippen LogP contribution in [0.4, 0.5) is 4.39 Å². The second-order valence-corrected chi connectivity index (χ2v) is 8.65. The third-order valence-electron chi connectivity index (χ3n) is 4.56. The molecule has 1 aliphatic rings. The third-order valence-corrected chi connectivity index (χ3v) is 6.07. The molecule has 26 heavy (non-hydrogen) atoms. The minimum absolute atomic E-state index is 0.0661. The van der Waals surface area contributed by atoms with Gasteiger partial charge in [0, 0.05) is 11.8 Å². The molecule has 2 aromatic rings. The first kappa shape index (κ1) is 18.4. The van der Waals surface area contributed by atoms with Gasteiger partial charge in [-0.2, -0.15) is 0 Å². The lowest BCUT2D eigenvalue weighted by molar-refractivity contribution is -0.123. The number of fused-ring (bicyclic) bond motifs is 1. The summed E-state index contributed by atoms with van der Waals surface area (Å²) in [4.78, 5) is 12.6. The maximum atomic E-state index is 13.1. The van der Waals surface area contributed by atoms with E-state index in [9.17, 15) is 17.6 Å². The first-order valence-corrected chi connectivity index (χ1v) is 10.2. The van der Waals surface area contributed by atoms with E-state index in [1.165, 1.54) is 12.1 Å². The van der Waals surface area contributed by atoms with Crippen molar-refractivity contribution in [3.05, 3.63) is 65.5 Å². The van der Waals surface area contributed by atoms with Gasteiger partial charge >= 0.3 is 0 Å². The molecule has 0 radical (unpaired) electrons. The highest BCUT2D eigenvalue weighted by atomic mass is 32.2. The van der Waals surface area contributed by atoms with E-state index in [1.54, 1.807) is 43.3 Å². The van der Waals surface area contributed by atoms with Crippen molar-refractivity contribution in [2.45, 2.75) is 24.1 Å². The van der Waals surface area contributed by atoms with Crippen LogP contribution in [-0.2, 0) is 14.6 Å². The molecule has 1 heterocycles.